The number of furan rings is 1. The van der Waals surface area contributed by atoms with Crippen LogP contribution in [0.15, 0.2) is 78.5 Å². The van der Waals surface area contributed by atoms with Crippen molar-refractivity contribution in [3.63, 3.8) is 0 Å². The number of carbonyl (C=O) groups excluding carboxylic acids is 4. The molecule has 4 rings (SSSR count). The average Bonchev–Trinajstić information content (AvgIpc) is 3.58. The molecule has 1 aromatic heterocycles. The van der Waals surface area contributed by atoms with Gasteiger partial charge in [-0.25, -0.2) is 0 Å². The van der Waals surface area contributed by atoms with Crippen LogP contribution in [0.1, 0.15) is 32.1 Å². The molecule has 278 valence electrons. The second-order valence-corrected chi connectivity index (χ2v) is 10.5. The second kappa shape index (κ2) is 55.8. The van der Waals surface area contributed by atoms with Gasteiger partial charge in [0.1, 0.15) is 29.2 Å². The van der Waals surface area contributed by atoms with Crippen molar-refractivity contribution in [3.8, 4) is 29.7 Å². The largest absolute Gasteiger partial charge is 1.00 e. The first-order valence-electron chi connectivity index (χ1n) is 13.7. The average molecular weight is 1130 g/mol. The molecule has 0 atom stereocenters. The topological polar surface area (TPSA) is 247 Å². The van der Waals surface area contributed by atoms with Gasteiger partial charge in [-0.2, -0.15) is 15.8 Å². The molecule has 0 aliphatic heterocycles. The SMILES string of the molecule is N#CCBr.N#CCOc1cc(Br)ccc1C=O.N#Cc1cc2ccc(Br)cc2o1.O=CO[O-].O=CO[O-].O=Cc1ccc(Br)cc1O.[2H]CF.[2H]CF.[H-].[H-].[K+].[K+].[K+].[K+]. The van der Waals surface area contributed by atoms with Crippen LogP contribution in [0.3, 0.4) is 0 Å². The van der Waals surface area contributed by atoms with E-state index in [9.17, 15) is 18.4 Å². The molecule has 0 aliphatic carbocycles. The summed E-state index contributed by atoms with van der Waals surface area (Å²) in [6.07, 6.45) is 1.31. The molecule has 0 spiro atoms. The molecule has 0 saturated heterocycles. The molecule has 0 unspecified atom stereocenters. The quantitative estimate of drug-likeness (QED) is 0.0623. The number of hydrogen-bond acceptors (Lipinski definition) is 14. The molecule has 0 saturated carbocycles. The van der Waals surface area contributed by atoms with Gasteiger partial charge in [-0.15, -0.1) is 0 Å². The predicted octanol–water partition coefficient (Wildman–Crippen LogP) is -5.62. The number of phenolic OH excluding ortho intramolecular Hbond substituents is 1. The van der Waals surface area contributed by atoms with E-state index in [1.807, 2.05) is 36.4 Å². The molecule has 4 aromatic rings. The zero-order valence-electron chi connectivity index (χ0n) is 33.6. The number of alkyl halides is 3. The first-order chi connectivity index (χ1) is 25.4. The van der Waals surface area contributed by atoms with Crippen LogP contribution in [-0.4, -0.2) is 56.9 Å². The zero-order valence-corrected chi connectivity index (χ0v) is 48.4. The first kappa shape index (κ1) is 68.5. The Morgan fingerprint density at radius 3 is 1.60 bits per heavy atom. The fourth-order valence-corrected chi connectivity index (χ4v) is 3.55. The van der Waals surface area contributed by atoms with E-state index in [2.05, 4.69) is 73.5 Å². The number of benzene rings is 3. The number of nitrogens with zero attached hydrogens (tertiary/aromatic N) is 3. The zero-order chi connectivity index (χ0) is 41.5. The number of aldehydes is 2. The molecule has 0 radical (unpaired) electrons. The van der Waals surface area contributed by atoms with E-state index in [-0.39, 0.29) is 234 Å². The van der Waals surface area contributed by atoms with E-state index in [0.717, 1.165) is 24.4 Å². The van der Waals surface area contributed by atoms with Gasteiger partial charge in [-0.3, -0.25) is 28.0 Å². The normalized spacial score (nSPS) is 7.80. The Bertz CT molecular complexity index is 1760. The van der Waals surface area contributed by atoms with Crippen molar-refractivity contribution in [1.29, 1.82) is 15.8 Å². The standard InChI is InChI=1S/C9H6BrNO2.C9H4BrNO.C7H5BrO2.C2H2BrN.2CH3F.2CH2O3.4K.2H/c10-8-2-1-7(6-12)9(5-8)13-4-3-11;10-7-2-1-6-3-8(5-11)12-9(6)4-7;8-6-2-1-5(4-9)7(10)3-6;3-1-2-4;2*1-2;2*2-1-4-3;;;;;;/h1-2,5-6H,4H2;1-4H;1-4,10H;1H2;2*1H3;2*1,3H;;;;;;/q;;;;;;;;4*+1;2*-1/p-2/i;;;;2*1D;;;;;;;;. The van der Waals surface area contributed by atoms with Gasteiger partial charge in [0.05, 0.1) is 39.6 Å². The third-order valence-electron chi connectivity index (χ3n) is 4.24. The van der Waals surface area contributed by atoms with Crippen molar-refractivity contribution in [3.05, 3.63) is 91.0 Å². The number of carbonyl (C=O) groups is 4. The minimum absolute atomic E-state index is 0. The summed E-state index contributed by atoms with van der Waals surface area (Å²) in [5.41, 5.74) is 1.49. The summed E-state index contributed by atoms with van der Waals surface area (Å²) < 4.78 is 43.8. The molecule has 24 heteroatoms. The van der Waals surface area contributed by atoms with Gasteiger partial charge in [0.25, 0.3) is 12.9 Å². The maximum atomic E-state index is 10.5. The van der Waals surface area contributed by atoms with Crippen LogP contribution in [0.4, 0.5) is 8.78 Å². The van der Waals surface area contributed by atoms with Crippen molar-refractivity contribution >= 4 is 100 Å². The summed E-state index contributed by atoms with van der Waals surface area (Å²) in [6.45, 7) is -0.419. The smallest absolute Gasteiger partial charge is 1.00 e. The van der Waals surface area contributed by atoms with E-state index in [4.69, 9.17) is 52.9 Å². The van der Waals surface area contributed by atoms with E-state index >= 15 is 0 Å². The summed E-state index contributed by atoms with van der Waals surface area (Å²) >= 11 is 12.6. The maximum Gasteiger partial charge on any atom is 1.00 e. The minimum atomic E-state index is -1.00. The Balaban J connectivity index is -0.0000000611. The first-order valence-corrected chi connectivity index (χ1v) is 15.7. The van der Waals surface area contributed by atoms with Gasteiger partial charge < -0.3 is 37.4 Å². The van der Waals surface area contributed by atoms with Crippen molar-refractivity contribution in [1.82, 2.24) is 0 Å². The van der Waals surface area contributed by atoms with Crippen LogP contribution in [0, 0.1) is 34.0 Å². The predicted molar refractivity (Wildman–Crippen MR) is 190 cm³/mol. The molecule has 3 aromatic carbocycles. The van der Waals surface area contributed by atoms with Crippen molar-refractivity contribution in [2.75, 3.05) is 26.2 Å². The second-order valence-electron chi connectivity index (χ2n) is 7.15. The number of halogens is 6. The fraction of sp³-hybridized carbons (Fsp3) is 0.129. The Morgan fingerprint density at radius 1 is 0.800 bits per heavy atom. The number of nitriles is 3. The maximum absolute atomic E-state index is 10.5. The molecule has 0 aliphatic rings. The van der Waals surface area contributed by atoms with Crippen molar-refractivity contribution in [2.24, 2.45) is 0 Å². The van der Waals surface area contributed by atoms with Gasteiger partial charge in [0.15, 0.2) is 19.2 Å². The van der Waals surface area contributed by atoms with Crippen LogP contribution in [0.5, 0.6) is 11.5 Å². The number of aromatic hydroxyl groups is 1. The Labute approximate surface area is 525 Å². The molecular formula is C31H27Br4F2K4N3O11. The van der Waals surface area contributed by atoms with Crippen molar-refractivity contribution < 1.29 is 274 Å². The van der Waals surface area contributed by atoms with Gasteiger partial charge in [0, 0.05) is 24.9 Å². The van der Waals surface area contributed by atoms with E-state index in [1.54, 1.807) is 36.4 Å². The van der Waals surface area contributed by atoms with E-state index in [1.165, 1.54) is 6.07 Å². The summed E-state index contributed by atoms with van der Waals surface area (Å²) in [5.74, 6) is 0.776. The van der Waals surface area contributed by atoms with Crippen molar-refractivity contribution in [2.45, 2.75) is 0 Å². The van der Waals surface area contributed by atoms with Gasteiger partial charge in [0.2, 0.25) is 5.76 Å². The molecule has 0 bridgehead atoms. The summed E-state index contributed by atoms with van der Waals surface area (Å²) in [5, 5.41) is 51.7. The third kappa shape index (κ3) is 42.3. The summed E-state index contributed by atoms with van der Waals surface area (Å²) in [7, 11) is -2.00. The number of phenols is 1. The van der Waals surface area contributed by atoms with Gasteiger partial charge in [-0.05, 0) is 54.6 Å². The molecule has 1 N–H and O–H groups in total. The monoisotopic (exact) mass is 1130 g/mol. The Morgan fingerprint density at radius 2 is 1.22 bits per heavy atom. The van der Waals surface area contributed by atoms with Crippen LogP contribution in [0.2, 0.25) is 0 Å². The molecule has 1 heterocycles. The minimum Gasteiger partial charge on any atom is -1.00 e. The Kier molecular flexibility index (Phi) is 69.5. The van der Waals surface area contributed by atoms with Crippen LogP contribution < -0.4 is 221 Å². The number of rotatable bonds is 6. The van der Waals surface area contributed by atoms with Crippen LogP contribution in [0.25, 0.3) is 11.0 Å². The molecule has 55 heavy (non-hydrogen) atoms. The molecule has 14 nitrogen and oxygen atoms in total. The number of ether oxygens (including phenoxy) is 1. The molecule has 0 amide bonds. The van der Waals surface area contributed by atoms with Gasteiger partial charge >= 0.3 is 206 Å². The van der Waals surface area contributed by atoms with E-state index < -0.39 is 14.3 Å². The van der Waals surface area contributed by atoms with Crippen LogP contribution >= 0.6 is 63.7 Å². The van der Waals surface area contributed by atoms with Gasteiger partial charge in [-0.1, -0.05) is 63.7 Å². The molecule has 0 fully saturated rings. The Hall–Kier alpha value is 1.80. The molecular weight excluding hydrogens is 1100 g/mol. The fourth-order valence-electron chi connectivity index (χ4n) is 2.52. The van der Waals surface area contributed by atoms with E-state index in [0.29, 0.717) is 40.5 Å². The third-order valence-corrected chi connectivity index (χ3v) is 5.98. The number of fused-ring (bicyclic) bond motifs is 1. The summed E-state index contributed by atoms with van der Waals surface area (Å²) in [4.78, 5) is 43.2. The number of hydrogen-bond donors (Lipinski definition) is 1. The summed E-state index contributed by atoms with van der Waals surface area (Å²) in [6, 6.07) is 22.8. The van der Waals surface area contributed by atoms with Crippen LogP contribution in [-0.2, 0) is 19.4 Å².